The van der Waals surface area contributed by atoms with E-state index in [1.54, 1.807) is 12.3 Å². The molecule has 0 bridgehead atoms. The molecule has 0 N–H and O–H groups in total. The van der Waals surface area contributed by atoms with Gasteiger partial charge in [-0.05, 0) is 25.4 Å². The molecular weight excluding hydrogens is 374 g/mol. The molecule has 170 valence electrons. The monoisotopic (exact) mass is 431 g/mol. The van der Waals surface area contributed by atoms with Crippen molar-refractivity contribution < 1.29 is 0 Å². The first-order valence-corrected chi connectivity index (χ1v) is 17.3. The molecule has 0 aromatic heterocycles. The van der Waals surface area contributed by atoms with Gasteiger partial charge in [0.25, 0.3) is 0 Å². The van der Waals surface area contributed by atoms with Gasteiger partial charge in [-0.25, -0.2) is 0 Å². The quantitative estimate of drug-likeness (QED) is 0.0995. The average molecular weight is 432 g/mol. The Bertz CT molecular complexity index is 229. The highest BCUT2D eigenvalue weighted by molar-refractivity contribution is 8.11. The van der Waals surface area contributed by atoms with Gasteiger partial charge in [0, 0.05) is 16.5 Å². The van der Waals surface area contributed by atoms with E-state index < -0.39 is 0 Å². The SMILES string of the molecule is CCCCCCCCCCCCCP[PH2+]CCCCCCCCCCCCC. The van der Waals surface area contributed by atoms with Crippen LogP contribution in [-0.2, 0) is 0 Å². The highest BCUT2D eigenvalue weighted by Gasteiger charge is 1.98. The molecule has 0 rings (SSSR count). The van der Waals surface area contributed by atoms with Gasteiger partial charge in [-0.15, -0.1) is 0 Å². The van der Waals surface area contributed by atoms with E-state index in [2.05, 4.69) is 13.8 Å². The van der Waals surface area contributed by atoms with Crippen LogP contribution in [0.2, 0.25) is 0 Å². The second-order valence-electron chi connectivity index (χ2n) is 9.02. The molecule has 0 radical (unpaired) electrons. The van der Waals surface area contributed by atoms with Crippen LogP contribution in [0.1, 0.15) is 155 Å². The summed E-state index contributed by atoms with van der Waals surface area (Å²) in [6.45, 7) is 4.61. The van der Waals surface area contributed by atoms with Gasteiger partial charge in [-0.1, -0.05) is 136 Å². The molecule has 2 atom stereocenters. The first-order valence-electron chi connectivity index (χ1n) is 13.5. The number of unbranched alkanes of at least 4 members (excludes halogenated alkanes) is 20. The molecule has 2 heteroatoms. The Morgan fingerprint density at radius 3 is 1.11 bits per heavy atom. The van der Waals surface area contributed by atoms with Crippen molar-refractivity contribution in [3.05, 3.63) is 0 Å². The first kappa shape index (κ1) is 28.9. The molecule has 28 heavy (non-hydrogen) atoms. The van der Waals surface area contributed by atoms with Gasteiger partial charge in [0.2, 0.25) is 0 Å². The maximum Gasteiger partial charge on any atom is 0.0569 e. The molecule has 0 saturated heterocycles. The van der Waals surface area contributed by atoms with E-state index >= 15 is 0 Å². The summed E-state index contributed by atoms with van der Waals surface area (Å²) >= 11 is 0. The molecule has 0 aromatic carbocycles. The van der Waals surface area contributed by atoms with E-state index in [1.165, 1.54) is 150 Å². The fourth-order valence-corrected chi connectivity index (χ4v) is 7.81. The highest BCUT2D eigenvalue weighted by Crippen LogP contribution is 2.38. The maximum absolute atomic E-state index is 2.31. The van der Waals surface area contributed by atoms with Gasteiger partial charge >= 0.3 is 0 Å². The molecule has 0 aliphatic carbocycles. The van der Waals surface area contributed by atoms with Crippen molar-refractivity contribution in [1.82, 2.24) is 0 Å². The van der Waals surface area contributed by atoms with Crippen molar-refractivity contribution in [1.29, 1.82) is 0 Å². The number of rotatable bonds is 25. The zero-order valence-electron chi connectivity index (χ0n) is 20.0. The van der Waals surface area contributed by atoms with Crippen molar-refractivity contribution in [3.8, 4) is 0 Å². The van der Waals surface area contributed by atoms with Crippen molar-refractivity contribution in [2.24, 2.45) is 0 Å². The van der Waals surface area contributed by atoms with E-state index in [9.17, 15) is 0 Å². The van der Waals surface area contributed by atoms with Gasteiger partial charge in [0.1, 0.15) is 0 Å². The lowest BCUT2D eigenvalue weighted by Crippen LogP contribution is -1.83. The molecule has 0 aliphatic heterocycles. The van der Waals surface area contributed by atoms with Crippen molar-refractivity contribution in [3.63, 3.8) is 0 Å². The van der Waals surface area contributed by atoms with Crippen molar-refractivity contribution in [2.45, 2.75) is 155 Å². The minimum absolute atomic E-state index is 0.804. The van der Waals surface area contributed by atoms with E-state index in [0.29, 0.717) is 0 Å². The van der Waals surface area contributed by atoms with Gasteiger partial charge < -0.3 is 0 Å². The van der Waals surface area contributed by atoms with Crippen LogP contribution in [0.4, 0.5) is 0 Å². The average Bonchev–Trinajstić information content (AvgIpc) is 2.71. The molecule has 0 nitrogen and oxygen atoms in total. The van der Waals surface area contributed by atoms with E-state index in [0.717, 1.165) is 8.27 Å². The third kappa shape index (κ3) is 26.9. The molecule has 0 fully saturated rings. The van der Waals surface area contributed by atoms with Crippen LogP contribution in [0.25, 0.3) is 0 Å². The van der Waals surface area contributed by atoms with E-state index in [-0.39, 0.29) is 0 Å². The van der Waals surface area contributed by atoms with Crippen LogP contribution in [-0.4, -0.2) is 12.3 Å². The molecule has 0 aromatic rings. The summed E-state index contributed by atoms with van der Waals surface area (Å²) in [5.74, 6) is 0. The zero-order chi connectivity index (χ0) is 20.4. The van der Waals surface area contributed by atoms with Crippen LogP contribution in [0.3, 0.4) is 0 Å². The maximum atomic E-state index is 2.31. The Morgan fingerprint density at radius 1 is 0.393 bits per heavy atom. The van der Waals surface area contributed by atoms with E-state index in [4.69, 9.17) is 0 Å². The predicted molar refractivity (Wildman–Crippen MR) is 141 cm³/mol. The Balaban J connectivity index is 2.96. The second-order valence-corrected chi connectivity index (χ2v) is 13.4. The summed E-state index contributed by atoms with van der Waals surface area (Å²) in [4.78, 5) is 0. The summed E-state index contributed by atoms with van der Waals surface area (Å²) < 4.78 is 0. The molecule has 0 spiro atoms. The van der Waals surface area contributed by atoms with Crippen LogP contribution in [0.5, 0.6) is 0 Å². The lowest BCUT2D eigenvalue weighted by Gasteiger charge is -2.02. The summed E-state index contributed by atoms with van der Waals surface area (Å²) in [5.41, 5.74) is 0. The van der Waals surface area contributed by atoms with Gasteiger partial charge in [0.05, 0.1) is 6.16 Å². The minimum Gasteiger partial charge on any atom is -0.0654 e. The fraction of sp³-hybridized carbons (Fsp3) is 1.00. The lowest BCUT2D eigenvalue weighted by molar-refractivity contribution is 0.555. The molecule has 0 heterocycles. The minimum atomic E-state index is 0.804. The topological polar surface area (TPSA) is 0 Å². The largest absolute Gasteiger partial charge is 0.0654 e. The third-order valence-electron chi connectivity index (χ3n) is 6.02. The fourth-order valence-electron chi connectivity index (χ4n) is 4.01. The lowest BCUT2D eigenvalue weighted by atomic mass is 10.1. The van der Waals surface area contributed by atoms with Crippen LogP contribution in [0, 0.1) is 0 Å². The van der Waals surface area contributed by atoms with E-state index in [1.807, 2.05) is 0 Å². The van der Waals surface area contributed by atoms with Crippen LogP contribution < -0.4 is 0 Å². The Hall–Kier alpha value is 0.860. The summed E-state index contributed by atoms with van der Waals surface area (Å²) in [7, 11) is 2.14. The Morgan fingerprint density at radius 2 is 0.714 bits per heavy atom. The van der Waals surface area contributed by atoms with Crippen molar-refractivity contribution in [2.75, 3.05) is 12.3 Å². The standard InChI is InChI=1S/C26H56P2/c1-3-5-7-9-11-13-15-17-19-21-23-25-27-28-26-24-22-20-18-16-14-12-10-8-6-4-2/h27-28H,3-26H2,1-2H3/p+1. The highest BCUT2D eigenvalue weighted by atomic mass is 32.0. The third-order valence-corrected chi connectivity index (χ3v) is 10.2. The predicted octanol–water partition coefficient (Wildman–Crippen LogP) is 10.6. The van der Waals surface area contributed by atoms with Gasteiger partial charge in [-0.3, -0.25) is 0 Å². The first-order chi connectivity index (χ1) is 13.9. The van der Waals surface area contributed by atoms with Crippen LogP contribution in [0.15, 0.2) is 0 Å². The smallest absolute Gasteiger partial charge is 0.0569 e. The molecule has 0 aliphatic rings. The number of hydrogen-bond donors (Lipinski definition) is 0. The molecule has 0 amide bonds. The molecular formula is C26H57P2+. The summed E-state index contributed by atoms with van der Waals surface area (Å²) in [6, 6.07) is 0. The zero-order valence-corrected chi connectivity index (χ0v) is 22.2. The Kier molecular flexibility index (Phi) is 28.7. The summed E-state index contributed by atoms with van der Waals surface area (Å²) in [5, 5.41) is 0. The molecule has 0 saturated carbocycles. The normalized spacial score (nSPS) is 12.2. The van der Waals surface area contributed by atoms with Gasteiger partial charge in [0.15, 0.2) is 0 Å². The number of hydrogen-bond acceptors (Lipinski definition) is 0. The van der Waals surface area contributed by atoms with Gasteiger partial charge in [-0.2, -0.15) is 0 Å². The molecule has 2 unspecified atom stereocenters. The van der Waals surface area contributed by atoms with Crippen LogP contribution >= 0.6 is 16.5 Å². The summed E-state index contributed by atoms with van der Waals surface area (Å²) in [6.07, 6.45) is 35.8. The second kappa shape index (κ2) is 27.9. The Labute approximate surface area is 184 Å². The van der Waals surface area contributed by atoms with Crippen molar-refractivity contribution >= 4 is 16.5 Å².